The quantitative estimate of drug-likeness (QED) is 0.363. The van der Waals surface area contributed by atoms with Crippen LogP contribution in [0.4, 0.5) is 13.2 Å². The molecule has 35 heavy (non-hydrogen) atoms. The molecule has 1 aliphatic heterocycles. The van der Waals surface area contributed by atoms with Crippen molar-refractivity contribution in [3.63, 3.8) is 0 Å². The second kappa shape index (κ2) is 13.1. The van der Waals surface area contributed by atoms with Crippen LogP contribution in [0.2, 0.25) is 0 Å². The third-order valence-electron chi connectivity index (χ3n) is 6.28. The molecule has 3 rings (SSSR count). The summed E-state index contributed by atoms with van der Waals surface area (Å²) >= 11 is 0. The van der Waals surface area contributed by atoms with Crippen LogP contribution in [0.25, 0.3) is 0 Å². The zero-order chi connectivity index (χ0) is 26.2. The zero-order valence-electron chi connectivity index (χ0n) is 21.9. The van der Waals surface area contributed by atoms with E-state index in [1.807, 2.05) is 37.8 Å². The summed E-state index contributed by atoms with van der Waals surface area (Å²) < 4.78 is 46.7. The summed E-state index contributed by atoms with van der Waals surface area (Å²) in [6.07, 6.45) is 0.613. The molecular formula is C27H40F3N3O2. The van der Waals surface area contributed by atoms with Gasteiger partial charge in [-0.2, -0.15) is 13.2 Å². The van der Waals surface area contributed by atoms with Gasteiger partial charge in [0.25, 0.3) is 5.56 Å². The highest BCUT2D eigenvalue weighted by atomic mass is 19.4. The van der Waals surface area contributed by atoms with Crippen LogP contribution in [0.5, 0.6) is 5.75 Å². The monoisotopic (exact) mass is 495 g/mol. The lowest BCUT2D eigenvalue weighted by Gasteiger charge is -2.26. The topological polar surface area (TPSA) is 47.4 Å². The summed E-state index contributed by atoms with van der Waals surface area (Å²) in [5, 5.41) is 0. The van der Waals surface area contributed by atoms with Crippen molar-refractivity contribution in [2.45, 2.75) is 99.1 Å². The summed E-state index contributed by atoms with van der Waals surface area (Å²) in [6, 6.07) is 5.71. The summed E-state index contributed by atoms with van der Waals surface area (Å²) in [4.78, 5) is 19.4. The molecule has 196 valence electrons. The Morgan fingerprint density at radius 2 is 1.71 bits per heavy atom. The first-order valence-electron chi connectivity index (χ1n) is 12.7. The molecule has 0 saturated carbocycles. The minimum atomic E-state index is -4.54. The van der Waals surface area contributed by atoms with Gasteiger partial charge in [0.2, 0.25) is 5.75 Å². The van der Waals surface area contributed by atoms with E-state index >= 15 is 0 Å². The molecule has 1 aromatic carbocycles. The SMILES string of the molecule is CC.CCCC(CCC)COc1cnc(C(C)N2Cc3ccc(C)cc3C2)n(CC(F)(F)F)c1=O. The van der Waals surface area contributed by atoms with E-state index in [1.54, 1.807) is 6.92 Å². The highest BCUT2D eigenvalue weighted by molar-refractivity contribution is 5.34. The van der Waals surface area contributed by atoms with Crippen molar-refractivity contribution < 1.29 is 17.9 Å². The van der Waals surface area contributed by atoms with E-state index in [1.165, 1.54) is 6.20 Å². The lowest BCUT2D eigenvalue weighted by atomic mass is 9.99. The van der Waals surface area contributed by atoms with E-state index in [4.69, 9.17) is 4.74 Å². The number of nitrogens with zero attached hydrogens (tertiary/aromatic N) is 3. The van der Waals surface area contributed by atoms with Crippen LogP contribution in [-0.4, -0.2) is 27.2 Å². The van der Waals surface area contributed by atoms with Crippen LogP contribution in [0, 0.1) is 12.8 Å². The van der Waals surface area contributed by atoms with Crippen molar-refractivity contribution in [3.05, 3.63) is 57.3 Å². The summed E-state index contributed by atoms with van der Waals surface area (Å²) in [5.74, 6) is 0.251. The summed E-state index contributed by atoms with van der Waals surface area (Å²) in [6.45, 7) is 12.1. The van der Waals surface area contributed by atoms with Gasteiger partial charge in [-0.05, 0) is 43.7 Å². The van der Waals surface area contributed by atoms with Crippen LogP contribution >= 0.6 is 0 Å². The molecule has 0 spiro atoms. The minimum absolute atomic E-state index is 0.105. The molecule has 0 radical (unpaired) electrons. The molecule has 0 bridgehead atoms. The summed E-state index contributed by atoms with van der Waals surface area (Å²) in [7, 11) is 0. The van der Waals surface area contributed by atoms with Crippen molar-refractivity contribution in [3.8, 4) is 5.75 Å². The van der Waals surface area contributed by atoms with E-state index < -0.39 is 24.3 Å². The molecule has 1 unspecified atom stereocenters. The third-order valence-corrected chi connectivity index (χ3v) is 6.28. The number of hydrogen-bond acceptors (Lipinski definition) is 4. The molecule has 0 fully saturated rings. The average molecular weight is 496 g/mol. The van der Waals surface area contributed by atoms with E-state index in [2.05, 4.69) is 24.9 Å². The Hall–Kier alpha value is -2.35. The second-order valence-corrected chi connectivity index (χ2v) is 9.09. The molecule has 8 heteroatoms. The fraction of sp³-hybridized carbons (Fsp3) is 0.630. The smallest absolute Gasteiger partial charge is 0.406 e. The number of ether oxygens (including phenoxy) is 1. The van der Waals surface area contributed by atoms with Gasteiger partial charge in [0.1, 0.15) is 12.4 Å². The van der Waals surface area contributed by atoms with Crippen LogP contribution in [0.3, 0.4) is 0 Å². The molecule has 1 aromatic heterocycles. The number of hydrogen-bond donors (Lipinski definition) is 0. The van der Waals surface area contributed by atoms with Gasteiger partial charge in [-0.1, -0.05) is 64.3 Å². The Balaban J connectivity index is 0.00000210. The van der Waals surface area contributed by atoms with Gasteiger partial charge in [0.05, 0.1) is 18.8 Å². The first kappa shape index (κ1) is 28.9. The molecule has 1 atom stereocenters. The zero-order valence-corrected chi connectivity index (χ0v) is 21.9. The van der Waals surface area contributed by atoms with Crippen LogP contribution in [0.15, 0.2) is 29.2 Å². The van der Waals surface area contributed by atoms with E-state index in [0.717, 1.165) is 46.9 Å². The Morgan fingerprint density at radius 3 is 2.31 bits per heavy atom. The maximum absolute atomic E-state index is 13.4. The van der Waals surface area contributed by atoms with Gasteiger partial charge in [0.15, 0.2) is 0 Å². The van der Waals surface area contributed by atoms with Crippen molar-refractivity contribution in [1.82, 2.24) is 14.5 Å². The lowest BCUT2D eigenvalue weighted by molar-refractivity contribution is -0.142. The fourth-order valence-corrected chi connectivity index (χ4v) is 4.57. The van der Waals surface area contributed by atoms with Gasteiger partial charge < -0.3 is 4.74 Å². The molecular weight excluding hydrogens is 455 g/mol. The second-order valence-electron chi connectivity index (χ2n) is 9.09. The van der Waals surface area contributed by atoms with Crippen LogP contribution < -0.4 is 10.3 Å². The maximum atomic E-state index is 13.4. The van der Waals surface area contributed by atoms with Crippen LogP contribution in [0.1, 0.15) is 88.9 Å². The van der Waals surface area contributed by atoms with E-state index in [-0.39, 0.29) is 17.5 Å². The van der Waals surface area contributed by atoms with Gasteiger partial charge in [0, 0.05) is 13.1 Å². The standard InChI is InChI=1S/C25H34F3N3O2.C2H6/c1-5-7-19(8-6-2)15-33-22-12-29-23(31(24(22)32)16-25(26,27)28)18(4)30-13-20-10-9-17(3)11-21(20)14-30;1-2/h9-12,18-19H,5-8,13-16H2,1-4H3;1-2H3. The van der Waals surface area contributed by atoms with Gasteiger partial charge >= 0.3 is 6.18 Å². The predicted octanol–water partition coefficient (Wildman–Crippen LogP) is 6.81. The molecule has 0 amide bonds. The van der Waals surface area contributed by atoms with Crippen molar-refractivity contribution in [2.24, 2.45) is 5.92 Å². The Labute approximate surface area is 207 Å². The highest BCUT2D eigenvalue weighted by Crippen LogP contribution is 2.31. The first-order chi connectivity index (χ1) is 16.6. The van der Waals surface area contributed by atoms with Crippen molar-refractivity contribution in [1.29, 1.82) is 0 Å². The molecule has 2 heterocycles. The number of rotatable bonds is 10. The first-order valence-corrected chi connectivity index (χ1v) is 12.7. The van der Waals surface area contributed by atoms with E-state index in [0.29, 0.717) is 19.7 Å². The highest BCUT2D eigenvalue weighted by Gasteiger charge is 2.34. The third kappa shape index (κ3) is 7.82. The maximum Gasteiger partial charge on any atom is 0.406 e. The minimum Gasteiger partial charge on any atom is -0.486 e. The number of fused-ring (bicyclic) bond motifs is 1. The Bertz CT molecular complexity index is 998. The molecule has 2 aromatic rings. The molecule has 0 saturated heterocycles. The lowest BCUT2D eigenvalue weighted by Crippen LogP contribution is -2.36. The van der Waals surface area contributed by atoms with Gasteiger partial charge in [-0.15, -0.1) is 0 Å². The molecule has 0 N–H and O–H groups in total. The van der Waals surface area contributed by atoms with Crippen molar-refractivity contribution in [2.75, 3.05) is 6.61 Å². The Kier molecular flexibility index (Phi) is 10.8. The van der Waals surface area contributed by atoms with Crippen LogP contribution in [-0.2, 0) is 19.6 Å². The number of alkyl halides is 3. The fourth-order valence-electron chi connectivity index (χ4n) is 4.57. The molecule has 1 aliphatic rings. The number of benzene rings is 1. The average Bonchev–Trinajstić information content (AvgIpc) is 3.23. The Morgan fingerprint density at radius 1 is 1.09 bits per heavy atom. The van der Waals surface area contributed by atoms with E-state index in [9.17, 15) is 18.0 Å². The molecule has 5 nitrogen and oxygen atoms in total. The number of halogens is 3. The number of aryl methyl sites for hydroxylation is 1. The van der Waals surface area contributed by atoms with Crippen molar-refractivity contribution >= 4 is 0 Å². The number of aromatic nitrogens is 2. The predicted molar refractivity (Wildman–Crippen MR) is 134 cm³/mol. The normalized spacial score (nSPS) is 14.5. The molecule has 0 aliphatic carbocycles. The van der Waals surface area contributed by atoms with Gasteiger partial charge in [-0.3, -0.25) is 14.3 Å². The van der Waals surface area contributed by atoms with Gasteiger partial charge in [-0.25, -0.2) is 4.98 Å². The summed E-state index contributed by atoms with van der Waals surface area (Å²) in [5.41, 5.74) is 2.67. The largest absolute Gasteiger partial charge is 0.486 e.